The second-order valence-corrected chi connectivity index (χ2v) is 5.35. The fraction of sp³-hybridized carbons (Fsp3) is 0.231. The quantitative estimate of drug-likeness (QED) is 0.292. The van der Waals surface area contributed by atoms with Gasteiger partial charge in [-0.3, -0.25) is 0 Å². The molecule has 0 amide bonds. The normalized spacial score (nSPS) is 11.7. The molecule has 3 rings (SSSR count). The topological polar surface area (TPSA) is 127 Å². The number of aryl methyl sites for hydroxylation is 2. The smallest absolute Gasteiger partial charge is 0.201 e. The predicted octanol–water partition coefficient (Wildman–Crippen LogP) is 1.73. The molecular weight excluding hydrogens is 355 g/mol. The summed E-state index contributed by atoms with van der Waals surface area (Å²) in [7, 11) is 0. The van der Waals surface area contributed by atoms with Crippen molar-refractivity contribution in [2.75, 3.05) is 5.32 Å². The lowest BCUT2D eigenvalue weighted by atomic mass is 10.2. The average molecular weight is 367 g/mol. The van der Waals surface area contributed by atoms with E-state index in [4.69, 9.17) is 16.2 Å². The molecule has 0 aliphatic heterocycles. The van der Waals surface area contributed by atoms with Gasteiger partial charge in [-0.15, -0.1) is 5.10 Å². The van der Waals surface area contributed by atoms with E-state index in [9.17, 15) is 9.60 Å². The predicted molar refractivity (Wildman–Crippen MR) is 83.8 cm³/mol. The molecule has 0 aliphatic rings. The minimum absolute atomic E-state index is 0.00125. The number of hydrogen-bond acceptors (Lipinski definition) is 8. The van der Waals surface area contributed by atoms with Gasteiger partial charge in [0, 0.05) is 12.2 Å². The summed E-state index contributed by atoms with van der Waals surface area (Å²) in [6.07, 6.45) is 2.65. The van der Waals surface area contributed by atoms with Crippen molar-refractivity contribution in [2.45, 2.75) is 19.4 Å². The summed E-state index contributed by atoms with van der Waals surface area (Å²) in [4.78, 5) is 0. The summed E-state index contributed by atoms with van der Waals surface area (Å²) in [5.41, 5.74) is 1.14. The van der Waals surface area contributed by atoms with Crippen LogP contribution in [0.2, 0.25) is 5.02 Å². The van der Waals surface area contributed by atoms with Crippen LogP contribution in [0.15, 0.2) is 34.3 Å². The van der Waals surface area contributed by atoms with Crippen molar-refractivity contribution < 1.29 is 14.2 Å². The SMILES string of the molecule is O/N=C(/Nc1ccc(F)c(Cl)c1)c1nonc1CCCn1cnnn1. The minimum Gasteiger partial charge on any atom is -0.409 e. The molecule has 10 nitrogen and oxygen atoms in total. The van der Waals surface area contributed by atoms with Crippen molar-refractivity contribution in [3.63, 3.8) is 0 Å². The minimum atomic E-state index is -0.555. The van der Waals surface area contributed by atoms with Gasteiger partial charge in [-0.2, -0.15) is 0 Å². The Morgan fingerprint density at radius 1 is 1.40 bits per heavy atom. The van der Waals surface area contributed by atoms with Crippen LogP contribution in [0, 0.1) is 5.82 Å². The van der Waals surface area contributed by atoms with Crippen LogP contribution in [0.5, 0.6) is 0 Å². The maximum atomic E-state index is 13.2. The average Bonchev–Trinajstić information content (AvgIpc) is 3.28. The largest absolute Gasteiger partial charge is 0.409 e. The first kappa shape index (κ1) is 16.8. The first-order valence-electron chi connectivity index (χ1n) is 7.14. The number of oxime groups is 1. The molecule has 130 valence electrons. The zero-order valence-corrected chi connectivity index (χ0v) is 13.4. The van der Waals surface area contributed by atoms with Crippen LogP contribution in [0.4, 0.5) is 10.1 Å². The van der Waals surface area contributed by atoms with Crippen molar-refractivity contribution in [3.05, 3.63) is 46.8 Å². The second-order valence-electron chi connectivity index (χ2n) is 4.94. The first-order valence-corrected chi connectivity index (χ1v) is 7.52. The highest BCUT2D eigenvalue weighted by molar-refractivity contribution is 6.31. The molecule has 2 heterocycles. The maximum Gasteiger partial charge on any atom is 0.201 e. The van der Waals surface area contributed by atoms with Crippen molar-refractivity contribution in [1.29, 1.82) is 0 Å². The summed E-state index contributed by atoms with van der Waals surface area (Å²) in [5, 5.41) is 33.6. The van der Waals surface area contributed by atoms with Crippen molar-refractivity contribution in [2.24, 2.45) is 5.16 Å². The fourth-order valence-electron chi connectivity index (χ4n) is 2.08. The monoisotopic (exact) mass is 366 g/mol. The van der Waals surface area contributed by atoms with Gasteiger partial charge in [0.05, 0.1) is 5.02 Å². The van der Waals surface area contributed by atoms with Gasteiger partial charge in [-0.05, 0) is 46.6 Å². The Morgan fingerprint density at radius 2 is 2.28 bits per heavy atom. The number of anilines is 1. The highest BCUT2D eigenvalue weighted by Crippen LogP contribution is 2.20. The number of rotatable bonds is 6. The number of amidine groups is 1. The Bertz CT molecular complexity index is 867. The van der Waals surface area contributed by atoms with Gasteiger partial charge < -0.3 is 10.5 Å². The molecule has 0 saturated carbocycles. The number of benzene rings is 1. The van der Waals surface area contributed by atoms with Gasteiger partial charge in [0.2, 0.25) is 5.84 Å². The van der Waals surface area contributed by atoms with Gasteiger partial charge in [0.15, 0.2) is 5.69 Å². The van der Waals surface area contributed by atoms with Crippen LogP contribution in [0.1, 0.15) is 17.8 Å². The van der Waals surface area contributed by atoms with E-state index in [0.717, 1.165) is 0 Å². The molecule has 2 N–H and O–H groups in total. The van der Waals surface area contributed by atoms with Gasteiger partial charge in [0.1, 0.15) is 17.8 Å². The zero-order valence-electron chi connectivity index (χ0n) is 12.7. The van der Waals surface area contributed by atoms with Crippen LogP contribution >= 0.6 is 11.6 Å². The summed E-state index contributed by atoms with van der Waals surface area (Å²) < 4.78 is 19.5. The van der Waals surface area contributed by atoms with Gasteiger partial charge in [-0.25, -0.2) is 13.7 Å². The fourth-order valence-corrected chi connectivity index (χ4v) is 2.26. The van der Waals surface area contributed by atoms with E-state index in [1.165, 1.54) is 24.5 Å². The number of tetrazole rings is 1. The van der Waals surface area contributed by atoms with E-state index < -0.39 is 5.82 Å². The van der Waals surface area contributed by atoms with Crippen LogP contribution in [0.25, 0.3) is 0 Å². The summed E-state index contributed by atoms with van der Waals surface area (Å²) in [6, 6.07) is 3.98. The van der Waals surface area contributed by atoms with Crippen LogP contribution in [-0.4, -0.2) is 41.6 Å². The molecule has 12 heteroatoms. The van der Waals surface area contributed by atoms with E-state index in [0.29, 0.717) is 30.8 Å². The molecular formula is C13H12ClFN8O2. The van der Waals surface area contributed by atoms with Crippen molar-refractivity contribution in [3.8, 4) is 0 Å². The molecule has 0 spiro atoms. The molecule has 0 bridgehead atoms. The Hall–Kier alpha value is -3.08. The highest BCUT2D eigenvalue weighted by atomic mass is 35.5. The van der Waals surface area contributed by atoms with Gasteiger partial charge >= 0.3 is 0 Å². The van der Waals surface area contributed by atoms with E-state index in [-0.39, 0.29) is 16.6 Å². The molecule has 2 aromatic heterocycles. The van der Waals surface area contributed by atoms with Crippen molar-refractivity contribution in [1.82, 2.24) is 30.5 Å². The third-order valence-corrected chi connectivity index (χ3v) is 3.55. The maximum absolute atomic E-state index is 13.2. The molecule has 1 aromatic carbocycles. The molecule has 25 heavy (non-hydrogen) atoms. The lowest BCUT2D eigenvalue weighted by Gasteiger charge is -2.07. The summed E-state index contributed by atoms with van der Waals surface area (Å²) in [6.45, 7) is 0.575. The molecule has 0 aliphatic carbocycles. The van der Waals surface area contributed by atoms with E-state index in [1.807, 2.05) is 0 Å². The Labute approximate surface area is 145 Å². The highest BCUT2D eigenvalue weighted by Gasteiger charge is 2.17. The Kier molecular flexibility index (Phi) is 5.14. The van der Waals surface area contributed by atoms with E-state index in [1.54, 1.807) is 4.68 Å². The number of aromatic nitrogens is 6. The molecule has 0 fully saturated rings. The molecule has 0 radical (unpaired) electrons. The second kappa shape index (κ2) is 7.66. The third-order valence-electron chi connectivity index (χ3n) is 3.26. The Morgan fingerprint density at radius 3 is 3.00 bits per heavy atom. The van der Waals surface area contributed by atoms with E-state index in [2.05, 4.69) is 36.3 Å². The molecule has 3 aromatic rings. The van der Waals surface area contributed by atoms with Crippen LogP contribution in [0.3, 0.4) is 0 Å². The molecule has 0 atom stereocenters. The first-order chi connectivity index (χ1) is 12.2. The van der Waals surface area contributed by atoms with Gasteiger partial charge in [0.25, 0.3) is 0 Å². The number of nitrogens with zero attached hydrogens (tertiary/aromatic N) is 7. The number of nitrogens with one attached hydrogen (secondary N) is 1. The lowest BCUT2D eigenvalue weighted by molar-refractivity contribution is 0.300. The zero-order chi connectivity index (χ0) is 17.6. The standard InChI is InChI=1S/C13H12ClFN8O2/c14-9-6-8(3-4-10(9)15)17-13(18-24)12-11(19-25-20-12)2-1-5-23-7-16-21-22-23/h3-4,6-7,24H,1-2,5H2,(H,17,18). The number of hydrogen-bond donors (Lipinski definition) is 2. The molecule has 0 unspecified atom stereocenters. The lowest BCUT2D eigenvalue weighted by Crippen LogP contribution is -2.16. The van der Waals surface area contributed by atoms with Crippen LogP contribution in [-0.2, 0) is 13.0 Å². The van der Waals surface area contributed by atoms with Crippen LogP contribution < -0.4 is 5.32 Å². The third kappa shape index (κ3) is 4.07. The van der Waals surface area contributed by atoms with E-state index >= 15 is 0 Å². The molecule has 0 saturated heterocycles. The number of halogens is 2. The Balaban J connectivity index is 1.69. The summed E-state index contributed by atoms with van der Waals surface area (Å²) >= 11 is 5.73. The van der Waals surface area contributed by atoms with Crippen molar-refractivity contribution >= 4 is 23.1 Å². The van der Waals surface area contributed by atoms with Gasteiger partial charge in [-0.1, -0.05) is 21.9 Å². The summed E-state index contributed by atoms with van der Waals surface area (Å²) in [5.74, 6) is -0.553.